The van der Waals surface area contributed by atoms with Gasteiger partial charge in [-0.3, -0.25) is 9.59 Å². The Balaban J connectivity index is 1.68. The minimum absolute atomic E-state index is 0.00131. The van der Waals surface area contributed by atoms with Gasteiger partial charge in [0.15, 0.2) is 0 Å². The van der Waals surface area contributed by atoms with Crippen molar-refractivity contribution in [2.75, 3.05) is 46.5 Å². The van der Waals surface area contributed by atoms with Crippen molar-refractivity contribution in [1.82, 2.24) is 4.90 Å². The first-order chi connectivity index (χ1) is 16.0. The molecule has 1 unspecified atom stereocenters. The van der Waals surface area contributed by atoms with Crippen molar-refractivity contribution in [2.45, 2.75) is 12.5 Å². The molecule has 33 heavy (non-hydrogen) atoms. The zero-order chi connectivity index (χ0) is 23.4. The van der Waals surface area contributed by atoms with E-state index in [1.807, 2.05) is 0 Å². The Morgan fingerprint density at radius 3 is 2.61 bits per heavy atom. The Labute approximate surface area is 192 Å². The summed E-state index contributed by atoms with van der Waals surface area (Å²) in [6, 6.07) is 11.6. The maximum absolute atomic E-state index is 13.4. The van der Waals surface area contributed by atoms with Gasteiger partial charge in [0.25, 0.3) is 11.7 Å². The highest BCUT2D eigenvalue weighted by Gasteiger charge is 2.46. The number of hydrogen-bond donors (Lipinski definition) is 2. The van der Waals surface area contributed by atoms with E-state index < -0.39 is 23.5 Å². The molecular formula is C25H28FN2O5+. The average molecular weight is 456 g/mol. The van der Waals surface area contributed by atoms with Crippen LogP contribution in [0, 0.1) is 5.82 Å². The highest BCUT2D eigenvalue weighted by Crippen LogP contribution is 2.40. The molecule has 4 rings (SSSR count). The molecule has 2 aromatic rings. The van der Waals surface area contributed by atoms with Gasteiger partial charge in [0.1, 0.15) is 30.4 Å². The molecule has 2 aliphatic rings. The third kappa shape index (κ3) is 4.91. The number of Topliss-reactive ketones (excluding diaryl/α,β-unsaturated/α-hetero) is 1. The van der Waals surface area contributed by atoms with Crippen molar-refractivity contribution in [3.05, 3.63) is 71.0 Å². The van der Waals surface area contributed by atoms with Crippen molar-refractivity contribution < 1.29 is 33.5 Å². The number of ether oxygens (including phenoxy) is 2. The van der Waals surface area contributed by atoms with Crippen molar-refractivity contribution in [2.24, 2.45) is 0 Å². The molecule has 174 valence electrons. The lowest BCUT2D eigenvalue weighted by Crippen LogP contribution is -3.14. The van der Waals surface area contributed by atoms with Gasteiger partial charge in [-0.25, -0.2) is 4.39 Å². The zero-order valence-corrected chi connectivity index (χ0v) is 18.6. The van der Waals surface area contributed by atoms with E-state index in [0.29, 0.717) is 24.3 Å². The molecule has 2 saturated heterocycles. The molecule has 0 spiro atoms. The van der Waals surface area contributed by atoms with E-state index in [9.17, 15) is 19.1 Å². The van der Waals surface area contributed by atoms with Crippen LogP contribution in [0.4, 0.5) is 4.39 Å². The minimum atomic E-state index is -0.759. The van der Waals surface area contributed by atoms with Crippen LogP contribution in [0.5, 0.6) is 5.75 Å². The van der Waals surface area contributed by atoms with E-state index in [-0.39, 0.29) is 16.9 Å². The predicted molar refractivity (Wildman–Crippen MR) is 119 cm³/mol. The molecule has 8 heteroatoms. The Bertz CT molecular complexity index is 1050. The summed E-state index contributed by atoms with van der Waals surface area (Å²) in [7, 11) is 1.54. The molecule has 0 bridgehead atoms. The summed E-state index contributed by atoms with van der Waals surface area (Å²) in [5.41, 5.74) is 0.939. The molecule has 2 fully saturated rings. The number of nitrogens with zero attached hydrogens (tertiary/aromatic N) is 1. The van der Waals surface area contributed by atoms with Gasteiger partial charge in [0.05, 0.1) is 38.5 Å². The summed E-state index contributed by atoms with van der Waals surface area (Å²) in [5.74, 6) is -1.59. The number of methoxy groups -OCH3 is 1. The van der Waals surface area contributed by atoms with Crippen molar-refractivity contribution in [3.8, 4) is 5.75 Å². The molecule has 2 aromatic carbocycles. The number of aliphatic hydroxyl groups is 1. The van der Waals surface area contributed by atoms with Crippen molar-refractivity contribution in [1.29, 1.82) is 0 Å². The van der Waals surface area contributed by atoms with Crippen LogP contribution < -0.4 is 9.64 Å². The quantitative estimate of drug-likeness (QED) is 0.376. The summed E-state index contributed by atoms with van der Waals surface area (Å²) in [6.45, 7) is 4.51. The third-order valence-corrected chi connectivity index (χ3v) is 6.20. The van der Waals surface area contributed by atoms with E-state index in [0.717, 1.165) is 32.8 Å². The van der Waals surface area contributed by atoms with Crippen LogP contribution in [0.2, 0.25) is 0 Å². The summed E-state index contributed by atoms with van der Waals surface area (Å²) in [4.78, 5) is 29.0. The number of halogens is 1. The van der Waals surface area contributed by atoms with Gasteiger partial charge in [-0.1, -0.05) is 12.1 Å². The smallest absolute Gasteiger partial charge is 0.295 e. The number of hydrogen-bond acceptors (Lipinski definition) is 5. The molecule has 2 N–H and O–H groups in total. The summed E-state index contributed by atoms with van der Waals surface area (Å²) >= 11 is 0. The lowest BCUT2D eigenvalue weighted by atomic mass is 9.95. The number of morpholine rings is 1. The lowest BCUT2D eigenvalue weighted by molar-refractivity contribution is -0.908. The Kier molecular flexibility index (Phi) is 7.05. The normalized spacial score (nSPS) is 20.9. The number of aliphatic hydroxyl groups excluding tert-OH is 1. The van der Waals surface area contributed by atoms with Gasteiger partial charge in [0.2, 0.25) is 0 Å². The highest BCUT2D eigenvalue weighted by atomic mass is 19.1. The van der Waals surface area contributed by atoms with Crippen LogP contribution >= 0.6 is 0 Å². The molecule has 2 aliphatic heterocycles. The first kappa shape index (κ1) is 22.9. The predicted octanol–water partition coefficient (Wildman–Crippen LogP) is 1.56. The number of ketones is 1. The highest BCUT2D eigenvalue weighted by molar-refractivity contribution is 6.46. The summed E-state index contributed by atoms with van der Waals surface area (Å²) in [5, 5.41) is 11.0. The summed E-state index contributed by atoms with van der Waals surface area (Å²) < 4.78 is 24.1. The van der Waals surface area contributed by atoms with Crippen LogP contribution in [-0.4, -0.2) is 68.2 Å². The number of likely N-dealkylation sites (tertiary alicyclic amines) is 1. The number of nitrogens with one attached hydrogen (secondary N) is 1. The standard InChI is InChI=1S/C25H27FN2O5/c1-32-20-5-2-4-18(16-20)22-21(23(29)17-6-8-19(26)9-7-17)24(30)25(31)28(22)11-3-10-27-12-14-33-15-13-27/h2,4-9,16,22,29H,3,10-15H2,1H3/p+1. The molecule has 0 saturated carbocycles. The van der Waals surface area contributed by atoms with Gasteiger partial charge in [-0.05, 0) is 42.0 Å². The third-order valence-electron chi connectivity index (χ3n) is 6.20. The molecule has 2 heterocycles. The minimum Gasteiger partial charge on any atom is -0.507 e. The van der Waals surface area contributed by atoms with Gasteiger partial charge >= 0.3 is 0 Å². The molecule has 0 radical (unpaired) electrons. The number of carbonyl (C=O) groups is 2. The molecule has 1 atom stereocenters. The van der Waals surface area contributed by atoms with Crippen molar-refractivity contribution >= 4 is 17.4 Å². The largest absolute Gasteiger partial charge is 0.507 e. The second kappa shape index (κ2) is 10.1. The maximum Gasteiger partial charge on any atom is 0.295 e. The Hall–Kier alpha value is -3.23. The van der Waals surface area contributed by atoms with E-state index in [4.69, 9.17) is 9.47 Å². The van der Waals surface area contributed by atoms with Gasteiger partial charge in [-0.15, -0.1) is 0 Å². The fraction of sp³-hybridized carbons (Fsp3) is 0.360. The molecular weight excluding hydrogens is 427 g/mol. The van der Waals surface area contributed by atoms with Gasteiger partial charge in [0, 0.05) is 18.5 Å². The number of benzene rings is 2. The summed E-state index contributed by atoms with van der Waals surface area (Å²) in [6.07, 6.45) is 0.708. The van der Waals surface area contributed by atoms with E-state index in [1.54, 1.807) is 31.4 Å². The second-order valence-corrected chi connectivity index (χ2v) is 8.24. The van der Waals surface area contributed by atoms with Crippen LogP contribution in [-0.2, 0) is 14.3 Å². The molecule has 7 nitrogen and oxygen atoms in total. The van der Waals surface area contributed by atoms with Crippen molar-refractivity contribution in [3.63, 3.8) is 0 Å². The Morgan fingerprint density at radius 2 is 1.91 bits per heavy atom. The Morgan fingerprint density at radius 1 is 1.18 bits per heavy atom. The van der Waals surface area contributed by atoms with Crippen LogP contribution in [0.3, 0.4) is 0 Å². The first-order valence-corrected chi connectivity index (χ1v) is 11.1. The van der Waals surface area contributed by atoms with E-state index in [2.05, 4.69) is 0 Å². The van der Waals surface area contributed by atoms with E-state index in [1.165, 1.54) is 34.1 Å². The average Bonchev–Trinajstić information content (AvgIpc) is 3.10. The fourth-order valence-corrected chi connectivity index (χ4v) is 4.44. The first-order valence-electron chi connectivity index (χ1n) is 11.1. The number of rotatable bonds is 7. The van der Waals surface area contributed by atoms with Crippen LogP contribution in [0.25, 0.3) is 5.76 Å². The molecule has 1 amide bonds. The maximum atomic E-state index is 13.4. The van der Waals surface area contributed by atoms with E-state index >= 15 is 0 Å². The van der Waals surface area contributed by atoms with Crippen LogP contribution in [0.15, 0.2) is 54.1 Å². The molecule has 0 aliphatic carbocycles. The lowest BCUT2D eigenvalue weighted by Gasteiger charge is -2.27. The SMILES string of the molecule is COc1cccc(C2C(=C(O)c3ccc(F)cc3)C(=O)C(=O)N2CCC[NH+]2CCOCC2)c1. The van der Waals surface area contributed by atoms with Gasteiger partial charge < -0.3 is 24.4 Å². The number of amides is 1. The monoisotopic (exact) mass is 455 g/mol. The van der Waals surface area contributed by atoms with Crippen LogP contribution in [0.1, 0.15) is 23.6 Å². The fourth-order valence-electron chi connectivity index (χ4n) is 4.44. The van der Waals surface area contributed by atoms with Gasteiger partial charge in [-0.2, -0.15) is 0 Å². The topological polar surface area (TPSA) is 80.5 Å². The number of quaternary nitrogens is 1. The second-order valence-electron chi connectivity index (χ2n) is 8.24. The number of carbonyl (C=O) groups excluding carboxylic acids is 2. The molecule has 0 aromatic heterocycles. The zero-order valence-electron chi connectivity index (χ0n) is 18.6.